The Morgan fingerprint density at radius 3 is 2.76 bits per heavy atom. The molecule has 1 aromatic heterocycles. The Morgan fingerprint density at radius 2 is 2.06 bits per heavy atom. The molecule has 1 aromatic carbocycles. The summed E-state index contributed by atoms with van der Waals surface area (Å²) in [5.41, 5.74) is 1.30. The molecule has 2 aromatic rings. The summed E-state index contributed by atoms with van der Waals surface area (Å²) in [6.45, 7) is 3.64. The number of carbonyl (C=O) groups excluding carboxylic acids is 1. The number of esters is 1. The van der Waals surface area contributed by atoms with Crippen molar-refractivity contribution in [2.24, 2.45) is 0 Å². The summed E-state index contributed by atoms with van der Waals surface area (Å²) in [5, 5.41) is 0.923. The van der Waals surface area contributed by atoms with Crippen molar-refractivity contribution in [3.05, 3.63) is 40.5 Å². The number of carbonyl (C=O) groups is 1. The summed E-state index contributed by atoms with van der Waals surface area (Å²) in [4.78, 5) is 16.1. The summed E-state index contributed by atoms with van der Waals surface area (Å²) >= 11 is 3.30. The normalized spacial score (nSPS) is 10.8. The molecule has 0 saturated carbocycles. The number of pyridine rings is 1. The second kappa shape index (κ2) is 4.84. The number of fused-ring (bicyclic) bond motifs is 1. The average Bonchev–Trinajstić information content (AvgIpc) is 2.27. The van der Waals surface area contributed by atoms with Crippen LogP contribution in [-0.4, -0.2) is 17.1 Å². The van der Waals surface area contributed by atoms with Gasteiger partial charge in [0.1, 0.15) is 4.60 Å². The standard InChI is InChI=1S/C13H12BrNO2/c1-8(2)17-13(16)10-7-9-5-3-4-6-11(9)15-12(10)14/h3-8H,1-2H3. The first-order valence-electron chi connectivity index (χ1n) is 5.34. The van der Waals surface area contributed by atoms with Crippen LogP contribution in [0.15, 0.2) is 34.9 Å². The third kappa shape index (κ3) is 2.64. The Labute approximate surface area is 108 Å². The lowest BCUT2D eigenvalue weighted by atomic mass is 10.1. The van der Waals surface area contributed by atoms with Gasteiger partial charge in [0.25, 0.3) is 0 Å². The van der Waals surface area contributed by atoms with E-state index >= 15 is 0 Å². The van der Waals surface area contributed by atoms with Crippen LogP contribution in [0.25, 0.3) is 10.9 Å². The van der Waals surface area contributed by atoms with E-state index in [-0.39, 0.29) is 12.1 Å². The van der Waals surface area contributed by atoms with E-state index in [4.69, 9.17) is 4.74 Å². The van der Waals surface area contributed by atoms with E-state index in [0.29, 0.717) is 10.2 Å². The van der Waals surface area contributed by atoms with Crippen LogP contribution in [0.2, 0.25) is 0 Å². The summed E-state index contributed by atoms with van der Waals surface area (Å²) in [5.74, 6) is -0.356. The molecule has 0 aliphatic rings. The predicted octanol–water partition coefficient (Wildman–Crippen LogP) is 3.56. The number of halogens is 1. The highest BCUT2D eigenvalue weighted by Crippen LogP contribution is 2.21. The number of hydrogen-bond acceptors (Lipinski definition) is 3. The predicted molar refractivity (Wildman–Crippen MR) is 70.0 cm³/mol. The van der Waals surface area contributed by atoms with Gasteiger partial charge in [-0.1, -0.05) is 18.2 Å². The Bertz CT molecular complexity index is 566. The van der Waals surface area contributed by atoms with Crippen LogP contribution in [0.1, 0.15) is 24.2 Å². The Balaban J connectivity index is 2.47. The zero-order valence-corrected chi connectivity index (χ0v) is 11.2. The molecule has 0 fully saturated rings. The van der Waals surface area contributed by atoms with E-state index in [2.05, 4.69) is 20.9 Å². The number of rotatable bonds is 2. The third-order valence-electron chi connectivity index (χ3n) is 2.24. The van der Waals surface area contributed by atoms with Gasteiger partial charge in [0.15, 0.2) is 0 Å². The largest absolute Gasteiger partial charge is 0.459 e. The summed E-state index contributed by atoms with van der Waals surface area (Å²) < 4.78 is 5.67. The number of para-hydroxylation sites is 1. The lowest BCUT2D eigenvalue weighted by molar-refractivity contribution is 0.0376. The van der Waals surface area contributed by atoms with E-state index in [1.54, 1.807) is 6.07 Å². The molecule has 0 aliphatic carbocycles. The first kappa shape index (κ1) is 12.0. The van der Waals surface area contributed by atoms with E-state index in [0.717, 1.165) is 10.9 Å². The van der Waals surface area contributed by atoms with Gasteiger partial charge in [0.05, 0.1) is 17.2 Å². The molecule has 0 aliphatic heterocycles. The van der Waals surface area contributed by atoms with Crippen LogP contribution >= 0.6 is 15.9 Å². The highest BCUT2D eigenvalue weighted by atomic mass is 79.9. The highest BCUT2D eigenvalue weighted by molar-refractivity contribution is 9.10. The minimum absolute atomic E-state index is 0.138. The van der Waals surface area contributed by atoms with Crippen molar-refractivity contribution in [1.82, 2.24) is 4.98 Å². The molecule has 4 heteroatoms. The highest BCUT2D eigenvalue weighted by Gasteiger charge is 2.15. The first-order valence-corrected chi connectivity index (χ1v) is 6.13. The smallest absolute Gasteiger partial charge is 0.341 e. The van der Waals surface area contributed by atoms with Gasteiger partial charge in [0.2, 0.25) is 0 Å². The lowest BCUT2D eigenvalue weighted by Crippen LogP contribution is -2.12. The van der Waals surface area contributed by atoms with Crippen molar-refractivity contribution in [3.63, 3.8) is 0 Å². The number of benzene rings is 1. The molecular formula is C13H12BrNO2. The fourth-order valence-electron chi connectivity index (χ4n) is 1.51. The molecule has 0 amide bonds. The molecule has 0 unspecified atom stereocenters. The SMILES string of the molecule is CC(C)OC(=O)c1cc2ccccc2nc1Br. The van der Waals surface area contributed by atoms with E-state index in [1.807, 2.05) is 38.1 Å². The molecule has 1 heterocycles. The van der Waals surface area contributed by atoms with Crippen molar-refractivity contribution in [2.45, 2.75) is 20.0 Å². The zero-order chi connectivity index (χ0) is 12.4. The summed E-state index contributed by atoms with van der Waals surface area (Å²) in [7, 11) is 0. The molecule has 88 valence electrons. The van der Waals surface area contributed by atoms with E-state index < -0.39 is 0 Å². The van der Waals surface area contributed by atoms with Gasteiger partial charge in [-0.2, -0.15) is 0 Å². The van der Waals surface area contributed by atoms with Gasteiger partial charge in [-0.05, 0) is 41.9 Å². The molecule has 3 nitrogen and oxygen atoms in total. The molecule has 0 atom stereocenters. The molecule has 0 saturated heterocycles. The van der Waals surface area contributed by atoms with Gasteiger partial charge in [-0.25, -0.2) is 9.78 Å². The second-order valence-electron chi connectivity index (χ2n) is 3.97. The van der Waals surface area contributed by atoms with Crippen molar-refractivity contribution in [2.75, 3.05) is 0 Å². The van der Waals surface area contributed by atoms with Crippen molar-refractivity contribution >= 4 is 32.8 Å². The van der Waals surface area contributed by atoms with Gasteiger partial charge in [-0.3, -0.25) is 0 Å². The maximum Gasteiger partial charge on any atom is 0.341 e. The van der Waals surface area contributed by atoms with Gasteiger partial charge < -0.3 is 4.74 Å². The van der Waals surface area contributed by atoms with Gasteiger partial charge in [-0.15, -0.1) is 0 Å². The summed E-state index contributed by atoms with van der Waals surface area (Å²) in [6.07, 6.45) is -0.138. The van der Waals surface area contributed by atoms with E-state index in [9.17, 15) is 4.79 Å². The van der Waals surface area contributed by atoms with Crippen LogP contribution in [0.5, 0.6) is 0 Å². The zero-order valence-electron chi connectivity index (χ0n) is 9.61. The average molecular weight is 294 g/mol. The van der Waals surface area contributed by atoms with Crippen LogP contribution in [-0.2, 0) is 4.74 Å². The number of aromatic nitrogens is 1. The van der Waals surface area contributed by atoms with Crippen LogP contribution in [0.3, 0.4) is 0 Å². The quantitative estimate of drug-likeness (QED) is 0.628. The van der Waals surface area contributed by atoms with Gasteiger partial charge >= 0.3 is 5.97 Å². The van der Waals surface area contributed by atoms with Crippen LogP contribution < -0.4 is 0 Å². The molecule has 2 rings (SSSR count). The molecule has 17 heavy (non-hydrogen) atoms. The Hall–Kier alpha value is -1.42. The molecular weight excluding hydrogens is 282 g/mol. The lowest BCUT2D eigenvalue weighted by Gasteiger charge is -2.09. The molecule has 0 N–H and O–H groups in total. The molecule has 0 spiro atoms. The number of hydrogen-bond donors (Lipinski definition) is 0. The van der Waals surface area contributed by atoms with Crippen LogP contribution in [0, 0.1) is 0 Å². The number of nitrogens with zero attached hydrogens (tertiary/aromatic N) is 1. The third-order valence-corrected chi connectivity index (χ3v) is 2.84. The van der Waals surface area contributed by atoms with Crippen molar-refractivity contribution in [3.8, 4) is 0 Å². The monoisotopic (exact) mass is 293 g/mol. The number of ether oxygens (including phenoxy) is 1. The Morgan fingerprint density at radius 1 is 1.35 bits per heavy atom. The van der Waals surface area contributed by atoms with Crippen LogP contribution in [0.4, 0.5) is 0 Å². The van der Waals surface area contributed by atoms with Gasteiger partial charge in [0, 0.05) is 5.39 Å². The minimum atomic E-state index is -0.356. The molecule has 0 radical (unpaired) electrons. The maximum absolute atomic E-state index is 11.8. The minimum Gasteiger partial charge on any atom is -0.459 e. The molecule has 0 bridgehead atoms. The second-order valence-corrected chi connectivity index (χ2v) is 4.72. The van der Waals surface area contributed by atoms with Crippen molar-refractivity contribution < 1.29 is 9.53 Å². The maximum atomic E-state index is 11.8. The first-order chi connectivity index (χ1) is 8.08. The topological polar surface area (TPSA) is 39.2 Å². The summed E-state index contributed by atoms with van der Waals surface area (Å²) in [6, 6.07) is 9.43. The van der Waals surface area contributed by atoms with E-state index in [1.165, 1.54) is 0 Å². The fraction of sp³-hybridized carbons (Fsp3) is 0.231. The fourth-order valence-corrected chi connectivity index (χ4v) is 1.98. The van der Waals surface area contributed by atoms with Crippen molar-refractivity contribution in [1.29, 1.82) is 0 Å². The Kier molecular flexibility index (Phi) is 3.43.